The van der Waals surface area contributed by atoms with Gasteiger partial charge in [0.05, 0.1) is 16.9 Å². The number of hydrazone groups is 1. The number of benzene rings is 2. The fourth-order valence-corrected chi connectivity index (χ4v) is 2.89. The molecule has 0 unspecified atom stereocenters. The lowest BCUT2D eigenvalue weighted by molar-refractivity contribution is -0.118. The topological polar surface area (TPSA) is 82.1 Å². The Balaban J connectivity index is 1.86. The van der Waals surface area contributed by atoms with Crippen LogP contribution >= 0.6 is 0 Å². The number of para-hydroxylation sites is 1. The van der Waals surface area contributed by atoms with Gasteiger partial charge in [0.25, 0.3) is 11.8 Å². The lowest BCUT2D eigenvalue weighted by Crippen LogP contribution is -2.36. The normalized spacial score (nSPS) is 13.8. The molecule has 2 aromatic rings. The molecule has 144 valence electrons. The van der Waals surface area contributed by atoms with Gasteiger partial charge in [-0.3, -0.25) is 14.4 Å². The summed E-state index contributed by atoms with van der Waals surface area (Å²) >= 11 is 0. The molecule has 1 heterocycles. The minimum atomic E-state index is -0.427. The summed E-state index contributed by atoms with van der Waals surface area (Å²) < 4.78 is 0. The summed E-state index contributed by atoms with van der Waals surface area (Å²) in [7, 11) is 3.30. The van der Waals surface area contributed by atoms with Crippen LogP contribution in [-0.4, -0.2) is 42.4 Å². The van der Waals surface area contributed by atoms with Gasteiger partial charge in [0, 0.05) is 26.9 Å². The Labute approximate surface area is 163 Å². The van der Waals surface area contributed by atoms with E-state index in [1.54, 1.807) is 44.4 Å². The zero-order chi connectivity index (χ0) is 20.3. The van der Waals surface area contributed by atoms with Crippen LogP contribution in [0.15, 0.2) is 53.6 Å². The average Bonchev–Trinajstić information content (AvgIpc) is 2.68. The standard InChI is InChI=1S/C21H22N4O3/c1-14-7-6-8-15(13-14)25-19(26)12-11-18(23-25)20(27)22-17-10-5-4-9-16(17)21(28)24(2)3/h4-10,13H,11-12H2,1-3H3,(H,22,27). The Hall–Kier alpha value is -3.48. The van der Waals surface area contributed by atoms with Gasteiger partial charge in [-0.15, -0.1) is 0 Å². The molecule has 0 radical (unpaired) electrons. The van der Waals surface area contributed by atoms with Crippen molar-refractivity contribution in [2.45, 2.75) is 19.8 Å². The van der Waals surface area contributed by atoms with Crippen molar-refractivity contribution in [2.24, 2.45) is 5.10 Å². The maximum absolute atomic E-state index is 12.8. The zero-order valence-electron chi connectivity index (χ0n) is 16.1. The lowest BCUT2D eigenvalue weighted by Gasteiger charge is -2.23. The van der Waals surface area contributed by atoms with Crippen molar-refractivity contribution in [1.29, 1.82) is 0 Å². The highest BCUT2D eigenvalue weighted by Crippen LogP contribution is 2.22. The van der Waals surface area contributed by atoms with Crippen LogP contribution in [0.3, 0.4) is 0 Å². The molecule has 1 aliphatic heterocycles. The number of carbonyl (C=O) groups excluding carboxylic acids is 3. The van der Waals surface area contributed by atoms with Gasteiger partial charge in [0.15, 0.2) is 0 Å². The molecule has 0 aliphatic carbocycles. The molecule has 1 aliphatic rings. The van der Waals surface area contributed by atoms with Gasteiger partial charge in [-0.1, -0.05) is 24.3 Å². The second-order valence-corrected chi connectivity index (χ2v) is 6.79. The maximum Gasteiger partial charge on any atom is 0.271 e. The van der Waals surface area contributed by atoms with E-state index in [1.807, 2.05) is 25.1 Å². The summed E-state index contributed by atoms with van der Waals surface area (Å²) in [6.07, 6.45) is 0.440. The molecular formula is C21H22N4O3. The van der Waals surface area contributed by atoms with Crippen LogP contribution in [0.4, 0.5) is 11.4 Å². The van der Waals surface area contributed by atoms with Gasteiger partial charge < -0.3 is 10.2 Å². The number of nitrogens with one attached hydrogen (secondary N) is 1. The minimum Gasteiger partial charge on any atom is -0.345 e. The Bertz CT molecular complexity index is 966. The quantitative estimate of drug-likeness (QED) is 0.888. The third-order valence-electron chi connectivity index (χ3n) is 4.35. The first-order valence-corrected chi connectivity index (χ1v) is 8.96. The van der Waals surface area contributed by atoms with Crippen LogP contribution in [0.25, 0.3) is 0 Å². The summed E-state index contributed by atoms with van der Waals surface area (Å²) in [5.41, 5.74) is 2.66. The lowest BCUT2D eigenvalue weighted by atomic mass is 10.1. The second-order valence-electron chi connectivity index (χ2n) is 6.79. The molecule has 28 heavy (non-hydrogen) atoms. The SMILES string of the molecule is Cc1cccc(N2N=C(C(=O)Nc3ccccc3C(=O)N(C)C)CCC2=O)c1. The van der Waals surface area contributed by atoms with Gasteiger partial charge in [-0.05, 0) is 36.8 Å². The van der Waals surface area contributed by atoms with Crippen molar-refractivity contribution >= 4 is 34.8 Å². The number of aryl methyl sites for hydroxylation is 1. The summed E-state index contributed by atoms with van der Waals surface area (Å²) in [5.74, 6) is -0.799. The van der Waals surface area contributed by atoms with E-state index in [4.69, 9.17) is 0 Å². The zero-order valence-corrected chi connectivity index (χ0v) is 16.1. The number of rotatable bonds is 4. The first-order valence-electron chi connectivity index (χ1n) is 8.96. The molecule has 0 atom stereocenters. The fourth-order valence-electron chi connectivity index (χ4n) is 2.89. The molecule has 0 spiro atoms. The van der Waals surface area contributed by atoms with Gasteiger partial charge in [0.1, 0.15) is 5.71 Å². The van der Waals surface area contributed by atoms with Crippen LogP contribution in [0.1, 0.15) is 28.8 Å². The van der Waals surface area contributed by atoms with E-state index in [-0.39, 0.29) is 30.4 Å². The van der Waals surface area contributed by atoms with Crippen LogP contribution in [0.5, 0.6) is 0 Å². The Morgan fingerprint density at radius 3 is 2.54 bits per heavy atom. The van der Waals surface area contributed by atoms with Gasteiger partial charge >= 0.3 is 0 Å². The molecule has 0 saturated heterocycles. The van der Waals surface area contributed by atoms with E-state index in [1.165, 1.54) is 9.91 Å². The molecule has 1 N–H and O–H groups in total. The van der Waals surface area contributed by atoms with E-state index in [0.717, 1.165) is 5.56 Å². The van der Waals surface area contributed by atoms with E-state index >= 15 is 0 Å². The van der Waals surface area contributed by atoms with Crippen molar-refractivity contribution in [3.05, 3.63) is 59.7 Å². The average molecular weight is 378 g/mol. The van der Waals surface area contributed by atoms with Crippen molar-refractivity contribution < 1.29 is 14.4 Å². The van der Waals surface area contributed by atoms with Crippen molar-refractivity contribution in [1.82, 2.24) is 4.90 Å². The van der Waals surface area contributed by atoms with E-state index in [2.05, 4.69) is 10.4 Å². The number of hydrogen-bond acceptors (Lipinski definition) is 4. The van der Waals surface area contributed by atoms with Crippen LogP contribution in [0.2, 0.25) is 0 Å². The summed E-state index contributed by atoms with van der Waals surface area (Å²) in [5, 5.41) is 8.30. The van der Waals surface area contributed by atoms with Crippen LogP contribution < -0.4 is 10.3 Å². The molecule has 0 aromatic heterocycles. The second kappa shape index (κ2) is 8.04. The summed E-state index contributed by atoms with van der Waals surface area (Å²) in [6.45, 7) is 1.92. The molecule has 3 rings (SSSR count). The largest absolute Gasteiger partial charge is 0.345 e. The number of nitrogens with zero attached hydrogens (tertiary/aromatic N) is 3. The maximum atomic E-state index is 12.8. The first-order chi connectivity index (χ1) is 13.4. The predicted octanol–water partition coefficient (Wildman–Crippen LogP) is 2.82. The number of amides is 3. The monoisotopic (exact) mass is 378 g/mol. The van der Waals surface area contributed by atoms with Gasteiger partial charge in [0.2, 0.25) is 5.91 Å². The predicted molar refractivity (Wildman–Crippen MR) is 108 cm³/mol. The number of hydrogen-bond donors (Lipinski definition) is 1. The highest BCUT2D eigenvalue weighted by molar-refractivity contribution is 6.44. The van der Waals surface area contributed by atoms with Gasteiger partial charge in [-0.25, -0.2) is 5.01 Å². The summed E-state index contributed by atoms with van der Waals surface area (Å²) in [4.78, 5) is 38.8. The van der Waals surface area contributed by atoms with E-state index in [9.17, 15) is 14.4 Å². The van der Waals surface area contributed by atoms with Crippen molar-refractivity contribution in [3.63, 3.8) is 0 Å². The molecular weight excluding hydrogens is 356 g/mol. The van der Waals surface area contributed by atoms with Crippen LogP contribution in [-0.2, 0) is 9.59 Å². The minimum absolute atomic E-state index is 0.162. The third-order valence-corrected chi connectivity index (χ3v) is 4.35. The smallest absolute Gasteiger partial charge is 0.271 e. The van der Waals surface area contributed by atoms with E-state index < -0.39 is 5.91 Å². The number of carbonyl (C=O) groups is 3. The molecule has 7 heteroatoms. The van der Waals surface area contributed by atoms with Crippen molar-refractivity contribution in [3.8, 4) is 0 Å². The molecule has 0 fully saturated rings. The van der Waals surface area contributed by atoms with E-state index in [0.29, 0.717) is 16.9 Å². The third kappa shape index (κ3) is 4.09. The molecule has 7 nitrogen and oxygen atoms in total. The highest BCUT2D eigenvalue weighted by Gasteiger charge is 2.26. The van der Waals surface area contributed by atoms with Crippen molar-refractivity contribution in [2.75, 3.05) is 24.4 Å². The fraction of sp³-hybridized carbons (Fsp3) is 0.238. The Kier molecular flexibility index (Phi) is 5.54. The molecule has 2 aromatic carbocycles. The summed E-state index contributed by atoms with van der Waals surface area (Å²) in [6, 6.07) is 14.2. The molecule has 0 saturated carbocycles. The van der Waals surface area contributed by atoms with Crippen LogP contribution in [0, 0.1) is 6.92 Å². The Morgan fingerprint density at radius 1 is 1.07 bits per heavy atom. The first kappa shape index (κ1) is 19.3. The highest BCUT2D eigenvalue weighted by atomic mass is 16.2. The molecule has 3 amide bonds. The molecule has 0 bridgehead atoms. The Morgan fingerprint density at radius 2 is 1.82 bits per heavy atom. The van der Waals surface area contributed by atoms with Gasteiger partial charge in [-0.2, -0.15) is 5.10 Å². The number of anilines is 2.